The lowest BCUT2D eigenvalue weighted by molar-refractivity contribution is 0.282. The molecule has 0 heterocycles. The van der Waals surface area contributed by atoms with Gasteiger partial charge in [0.15, 0.2) is 5.82 Å². The summed E-state index contributed by atoms with van der Waals surface area (Å²) < 4.78 is 12.8. The van der Waals surface area contributed by atoms with E-state index in [4.69, 9.17) is 22.4 Å². The minimum Gasteiger partial charge on any atom is -0.396 e. The summed E-state index contributed by atoms with van der Waals surface area (Å²) in [4.78, 5) is 0. The van der Waals surface area contributed by atoms with E-state index in [2.05, 4.69) is 0 Å². The predicted molar refractivity (Wildman–Crippen MR) is 41.7 cm³/mol. The fourth-order valence-corrected chi connectivity index (χ4v) is 0.909. The molecule has 0 aliphatic rings. The van der Waals surface area contributed by atoms with Crippen molar-refractivity contribution < 1.29 is 9.50 Å². The number of aliphatic hydroxyl groups is 1. The van der Waals surface area contributed by atoms with E-state index in [0.717, 1.165) is 0 Å². The minimum atomic E-state index is -0.668. The predicted octanol–water partition coefficient (Wildman–Crippen LogP) is 1.55. The van der Waals surface area contributed by atoms with Gasteiger partial charge in [-0.15, -0.1) is 0 Å². The van der Waals surface area contributed by atoms with E-state index in [0.29, 0.717) is 5.56 Å². The minimum absolute atomic E-state index is 0.0281. The van der Waals surface area contributed by atoms with Crippen molar-refractivity contribution in [3.63, 3.8) is 0 Å². The topological polar surface area (TPSA) is 46.2 Å². The Labute approximate surface area is 68.4 Å². The van der Waals surface area contributed by atoms with E-state index in [-0.39, 0.29) is 17.3 Å². The van der Waals surface area contributed by atoms with Crippen LogP contribution in [-0.2, 0) is 6.61 Å². The molecule has 0 aliphatic heterocycles. The van der Waals surface area contributed by atoms with Crippen LogP contribution in [0.4, 0.5) is 10.1 Å². The van der Waals surface area contributed by atoms with Crippen molar-refractivity contribution in [3.8, 4) is 0 Å². The van der Waals surface area contributed by atoms with Gasteiger partial charge in [-0.1, -0.05) is 17.7 Å². The second-order valence-corrected chi connectivity index (χ2v) is 2.50. The number of aliphatic hydroxyl groups excluding tert-OH is 1. The smallest absolute Gasteiger partial charge is 0.164 e. The highest BCUT2D eigenvalue weighted by atomic mass is 35.5. The zero-order valence-electron chi connectivity index (χ0n) is 5.64. The maximum atomic E-state index is 12.8. The van der Waals surface area contributed by atoms with Gasteiger partial charge in [0, 0.05) is 5.56 Å². The first-order chi connectivity index (χ1) is 5.16. The average Bonchev–Trinajstić information content (AvgIpc) is 2.01. The van der Waals surface area contributed by atoms with Crippen LogP contribution in [0.5, 0.6) is 0 Å². The van der Waals surface area contributed by atoms with Gasteiger partial charge in [0.25, 0.3) is 0 Å². The first-order valence-corrected chi connectivity index (χ1v) is 3.38. The summed E-state index contributed by atoms with van der Waals surface area (Å²) in [7, 11) is 0. The molecule has 2 nitrogen and oxygen atoms in total. The molecular weight excluding hydrogens is 169 g/mol. The fourth-order valence-electron chi connectivity index (χ4n) is 0.744. The van der Waals surface area contributed by atoms with Gasteiger partial charge in [0.1, 0.15) is 0 Å². The summed E-state index contributed by atoms with van der Waals surface area (Å²) in [6, 6.07) is 2.85. The standard InChI is InChI=1S/C7H7ClFNO/c8-5-2-1-4(3-11)7(10)6(5)9/h1-2,11H,3,10H2. The molecule has 0 amide bonds. The molecule has 60 valence electrons. The summed E-state index contributed by atoms with van der Waals surface area (Å²) in [6.07, 6.45) is 0. The highest BCUT2D eigenvalue weighted by molar-refractivity contribution is 6.31. The Kier molecular flexibility index (Phi) is 2.31. The molecule has 0 unspecified atom stereocenters. The number of anilines is 1. The number of rotatable bonds is 1. The summed E-state index contributed by atoms with van der Waals surface area (Å²) >= 11 is 5.41. The van der Waals surface area contributed by atoms with Crippen molar-refractivity contribution in [2.24, 2.45) is 0 Å². The Morgan fingerprint density at radius 1 is 1.55 bits per heavy atom. The zero-order chi connectivity index (χ0) is 8.43. The monoisotopic (exact) mass is 175 g/mol. The highest BCUT2D eigenvalue weighted by Crippen LogP contribution is 2.23. The first kappa shape index (κ1) is 8.30. The maximum absolute atomic E-state index is 12.8. The molecule has 0 atom stereocenters. The number of hydrogen-bond donors (Lipinski definition) is 2. The van der Waals surface area contributed by atoms with Crippen LogP contribution < -0.4 is 5.73 Å². The average molecular weight is 176 g/mol. The Balaban J connectivity index is 3.25. The van der Waals surface area contributed by atoms with E-state index in [9.17, 15) is 4.39 Å². The molecule has 0 saturated heterocycles. The van der Waals surface area contributed by atoms with Crippen LogP contribution in [-0.4, -0.2) is 5.11 Å². The van der Waals surface area contributed by atoms with Crippen LogP contribution >= 0.6 is 11.6 Å². The number of hydrogen-bond acceptors (Lipinski definition) is 2. The molecule has 0 bridgehead atoms. The third-order valence-corrected chi connectivity index (χ3v) is 1.69. The molecule has 0 spiro atoms. The quantitative estimate of drug-likeness (QED) is 0.637. The normalized spacial score (nSPS) is 10.1. The molecule has 3 N–H and O–H groups in total. The van der Waals surface area contributed by atoms with Gasteiger partial charge in [-0.3, -0.25) is 0 Å². The Hall–Kier alpha value is -0.800. The number of nitrogens with two attached hydrogens (primary N) is 1. The lowest BCUT2D eigenvalue weighted by Gasteiger charge is -2.03. The van der Waals surface area contributed by atoms with E-state index in [1.807, 2.05) is 0 Å². The zero-order valence-corrected chi connectivity index (χ0v) is 6.40. The van der Waals surface area contributed by atoms with Crippen LogP contribution in [0.3, 0.4) is 0 Å². The van der Waals surface area contributed by atoms with Crippen LogP contribution in [0.1, 0.15) is 5.56 Å². The maximum Gasteiger partial charge on any atom is 0.164 e. The van der Waals surface area contributed by atoms with Crippen molar-refractivity contribution in [2.75, 3.05) is 5.73 Å². The molecule has 0 fully saturated rings. The Morgan fingerprint density at radius 2 is 2.18 bits per heavy atom. The molecule has 4 heteroatoms. The van der Waals surface area contributed by atoms with Crippen molar-refractivity contribution in [1.29, 1.82) is 0 Å². The van der Waals surface area contributed by atoms with Gasteiger partial charge in [0.05, 0.1) is 17.3 Å². The number of benzene rings is 1. The summed E-state index contributed by atoms with van der Waals surface area (Å²) in [5.41, 5.74) is 5.54. The molecule has 1 aromatic rings. The molecule has 0 saturated carbocycles. The van der Waals surface area contributed by atoms with Gasteiger partial charge in [-0.05, 0) is 6.07 Å². The lowest BCUT2D eigenvalue weighted by Crippen LogP contribution is -1.97. The van der Waals surface area contributed by atoms with Gasteiger partial charge in [-0.25, -0.2) is 4.39 Å². The summed E-state index contributed by atoms with van der Waals surface area (Å²) in [6.45, 7) is -0.278. The molecule has 0 aliphatic carbocycles. The lowest BCUT2D eigenvalue weighted by atomic mass is 10.2. The van der Waals surface area contributed by atoms with Crippen LogP contribution in [0.25, 0.3) is 0 Å². The van der Waals surface area contributed by atoms with Gasteiger partial charge in [0.2, 0.25) is 0 Å². The molecule has 0 aromatic heterocycles. The fraction of sp³-hybridized carbons (Fsp3) is 0.143. The second-order valence-electron chi connectivity index (χ2n) is 2.09. The largest absolute Gasteiger partial charge is 0.396 e. The second kappa shape index (κ2) is 3.07. The van der Waals surface area contributed by atoms with E-state index >= 15 is 0 Å². The van der Waals surface area contributed by atoms with E-state index < -0.39 is 5.82 Å². The van der Waals surface area contributed by atoms with E-state index in [1.54, 1.807) is 0 Å². The molecule has 1 aromatic carbocycles. The van der Waals surface area contributed by atoms with Crippen molar-refractivity contribution in [2.45, 2.75) is 6.61 Å². The molecule has 1 rings (SSSR count). The van der Waals surface area contributed by atoms with Gasteiger partial charge >= 0.3 is 0 Å². The van der Waals surface area contributed by atoms with Crippen LogP contribution in [0.15, 0.2) is 12.1 Å². The van der Waals surface area contributed by atoms with Crippen molar-refractivity contribution in [1.82, 2.24) is 0 Å². The summed E-state index contributed by atoms with van der Waals surface area (Å²) in [5, 5.41) is 8.62. The Bertz CT molecular complexity index is 277. The summed E-state index contributed by atoms with van der Waals surface area (Å²) in [5.74, 6) is -0.668. The van der Waals surface area contributed by atoms with Crippen LogP contribution in [0, 0.1) is 5.82 Å². The molecule has 11 heavy (non-hydrogen) atoms. The number of halogens is 2. The number of nitrogen functional groups attached to an aromatic ring is 1. The van der Waals surface area contributed by atoms with Crippen molar-refractivity contribution >= 4 is 17.3 Å². The van der Waals surface area contributed by atoms with E-state index in [1.165, 1.54) is 12.1 Å². The Morgan fingerprint density at radius 3 is 2.73 bits per heavy atom. The third-order valence-electron chi connectivity index (χ3n) is 1.39. The van der Waals surface area contributed by atoms with Gasteiger partial charge < -0.3 is 10.8 Å². The first-order valence-electron chi connectivity index (χ1n) is 3.00. The van der Waals surface area contributed by atoms with Crippen molar-refractivity contribution in [3.05, 3.63) is 28.5 Å². The third kappa shape index (κ3) is 1.44. The van der Waals surface area contributed by atoms with Crippen LogP contribution in [0.2, 0.25) is 5.02 Å². The van der Waals surface area contributed by atoms with Gasteiger partial charge in [-0.2, -0.15) is 0 Å². The SMILES string of the molecule is Nc1c(CO)ccc(Cl)c1F. The molecule has 0 radical (unpaired) electrons. The molecular formula is C7H7ClFNO. The highest BCUT2D eigenvalue weighted by Gasteiger charge is 2.07.